The van der Waals surface area contributed by atoms with E-state index in [1.54, 1.807) is 43.3 Å². The summed E-state index contributed by atoms with van der Waals surface area (Å²) in [5.41, 5.74) is 2.13. The van der Waals surface area contributed by atoms with E-state index >= 15 is 0 Å². The predicted octanol–water partition coefficient (Wildman–Crippen LogP) is 3.38. The van der Waals surface area contributed by atoms with Gasteiger partial charge in [-0.1, -0.05) is 35.3 Å². The van der Waals surface area contributed by atoms with E-state index < -0.39 is 0 Å². The molecule has 30 heavy (non-hydrogen) atoms. The highest BCUT2D eigenvalue weighted by atomic mass is 35.5. The van der Waals surface area contributed by atoms with Crippen molar-refractivity contribution < 1.29 is 9.90 Å². The Labute approximate surface area is 184 Å². The Hall–Kier alpha value is -2.67. The van der Waals surface area contributed by atoms with Gasteiger partial charge in [-0.2, -0.15) is 0 Å². The monoisotopic (exact) mass is 445 g/mol. The normalized spacial score (nSPS) is 10.8. The number of nitrogens with one attached hydrogen (secondary N) is 1. The topological polar surface area (TPSA) is 84.2 Å². The Morgan fingerprint density at radius 2 is 1.67 bits per heavy atom. The van der Waals surface area contributed by atoms with Crippen LogP contribution < -0.4 is 10.9 Å². The Morgan fingerprint density at radius 1 is 1.07 bits per heavy atom. The van der Waals surface area contributed by atoms with Crippen LogP contribution in [0.3, 0.4) is 0 Å². The number of rotatable bonds is 7. The van der Waals surface area contributed by atoms with Crippen LogP contribution in [0.25, 0.3) is 11.4 Å². The molecule has 0 aliphatic rings. The number of amides is 1. The van der Waals surface area contributed by atoms with E-state index in [-0.39, 0.29) is 31.0 Å². The fraction of sp³-hybridized carbons (Fsp3) is 0.227. The molecule has 0 unspecified atom stereocenters. The number of nitrogens with zero attached hydrogens (tertiary/aromatic N) is 2. The molecule has 0 aliphatic carbocycles. The molecule has 3 aromatic rings. The second-order valence-electron chi connectivity index (χ2n) is 6.77. The summed E-state index contributed by atoms with van der Waals surface area (Å²) in [4.78, 5) is 30.2. The molecule has 0 spiro atoms. The zero-order chi connectivity index (χ0) is 21.7. The van der Waals surface area contributed by atoms with Crippen LogP contribution in [0.1, 0.15) is 16.8 Å². The third-order valence-electron chi connectivity index (χ3n) is 4.64. The lowest BCUT2D eigenvalue weighted by Crippen LogP contribution is -2.35. The number of aliphatic hydroxyl groups is 1. The van der Waals surface area contributed by atoms with Crippen LogP contribution in [0.15, 0.2) is 53.3 Å². The molecule has 156 valence electrons. The first kappa shape index (κ1) is 22.0. The zero-order valence-corrected chi connectivity index (χ0v) is 17.9. The van der Waals surface area contributed by atoms with Crippen molar-refractivity contribution in [3.8, 4) is 11.4 Å². The minimum atomic E-state index is -0.344. The summed E-state index contributed by atoms with van der Waals surface area (Å²) >= 11 is 11.9. The van der Waals surface area contributed by atoms with Crippen LogP contribution in [-0.2, 0) is 24.3 Å². The average molecular weight is 446 g/mol. The van der Waals surface area contributed by atoms with E-state index in [1.807, 2.05) is 12.1 Å². The molecule has 1 amide bonds. The van der Waals surface area contributed by atoms with Crippen LogP contribution >= 0.6 is 23.2 Å². The maximum absolute atomic E-state index is 13.1. The third-order valence-corrected chi connectivity index (χ3v) is 5.14. The molecule has 0 saturated carbocycles. The van der Waals surface area contributed by atoms with Crippen molar-refractivity contribution in [2.24, 2.45) is 0 Å². The summed E-state index contributed by atoms with van der Waals surface area (Å²) in [5, 5.41) is 13.3. The number of hydrogen-bond acceptors (Lipinski definition) is 4. The van der Waals surface area contributed by atoms with Crippen molar-refractivity contribution in [2.75, 3.05) is 6.61 Å². The summed E-state index contributed by atoms with van der Waals surface area (Å²) in [6.45, 7) is 1.65. The SMILES string of the molecule is Cc1nc(-c2ccc(Cl)cc2)n(CC(=O)NCc2ccc(Cl)cc2)c(=O)c1CCO. The molecule has 3 rings (SSSR count). The van der Waals surface area contributed by atoms with Gasteiger partial charge in [0.05, 0.1) is 0 Å². The van der Waals surface area contributed by atoms with Crippen LogP contribution in [-0.4, -0.2) is 27.2 Å². The maximum Gasteiger partial charge on any atom is 0.257 e. The van der Waals surface area contributed by atoms with Gasteiger partial charge in [-0.3, -0.25) is 14.2 Å². The smallest absolute Gasteiger partial charge is 0.257 e. The molecule has 0 fully saturated rings. The Morgan fingerprint density at radius 3 is 2.27 bits per heavy atom. The van der Waals surface area contributed by atoms with Gasteiger partial charge >= 0.3 is 0 Å². The largest absolute Gasteiger partial charge is 0.396 e. The molecule has 1 heterocycles. The molecule has 1 aromatic heterocycles. The van der Waals surface area contributed by atoms with E-state index in [4.69, 9.17) is 23.2 Å². The lowest BCUT2D eigenvalue weighted by Gasteiger charge is -2.16. The van der Waals surface area contributed by atoms with E-state index in [2.05, 4.69) is 10.3 Å². The molecule has 6 nitrogen and oxygen atoms in total. The van der Waals surface area contributed by atoms with Crippen LogP contribution in [0.5, 0.6) is 0 Å². The third kappa shape index (κ3) is 5.27. The molecule has 0 bridgehead atoms. The van der Waals surface area contributed by atoms with Gasteiger partial charge in [0.25, 0.3) is 5.56 Å². The lowest BCUT2D eigenvalue weighted by molar-refractivity contribution is -0.121. The minimum Gasteiger partial charge on any atom is -0.396 e. The summed E-state index contributed by atoms with van der Waals surface area (Å²) < 4.78 is 1.33. The number of aryl methyl sites for hydroxylation is 1. The summed E-state index contributed by atoms with van der Waals surface area (Å²) in [5.74, 6) is 0.0420. The number of benzene rings is 2. The van der Waals surface area contributed by atoms with E-state index in [0.717, 1.165) is 5.56 Å². The van der Waals surface area contributed by atoms with Gasteiger partial charge in [-0.25, -0.2) is 4.98 Å². The Kier molecular flexibility index (Phi) is 7.26. The van der Waals surface area contributed by atoms with Gasteiger partial charge < -0.3 is 10.4 Å². The Balaban J connectivity index is 1.91. The van der Waals surface area contributed by atoms with Crippen molar-refractivity contribution in [3.05, 3.63) is 85.8 Å². The number of hydrogen-bond donors (Lipinski definition) is 2. The van der Waals surface area contributed by atoms with Crippen molar-refractivity contribution in [1.29, 1.82) is 0 Å². The minimum absolute atomic E-state index is 0.172. The summed E-state index contributed by atoms with van der Waals surface area (Å²) in [6, 6.07) is 14.0. The maximum atomic E-state index is 13.1. The second-order valence-corrected chi connectivity index (χ2v) is 7.65. The molecule has 0 saturated heterocycles. The highest BCUT2D eigenvalue weighted by Gasteiger charge is 2.17. The van der Waals surface area contributed by atoms with Gasteiger partial charge in [0.2, 0.25) is 5.91 Å². The van der Waals surface area contributed by atoms with Gasteiger partial charge in [0, 0.05) is 46.4 Å². The predicted molar refractivity (Wildman–Crippen MR) is 118 cm³/mol. The number of carbonyl (C=O) groups excluding carboxylic acids is 1. The first-order chi connectivity index (χ1) is 14.4. The molecular weight excluding hydrogens is 425 g/mol. The van der Waals surface area contributed by atoms with Crippen LogP contribution in [0.4, 0.5) is 0 Å². The fourth-order valence-electron chi connectivity index (χ4n) is 3.07. The quantitative estimate of drug-likeness (QED) is 0.583. The average Bonchev–Trinajstić information content (AvgIpc) is 2.73. The second kappa shape index (κ2) is 9.89. The molecule has 2 N–H and O–H groups in total. The van der Waals surface area contributed by atoms with Gasteiger partial charge in [0.1, 0.15) is 12.4 Å². The van der Waals surface area contributed by atoms with E-state index in [0.29, 0.717) is 39.2 Å². The van der Waals surface area contributed by atoms with E-state index in [9.17, 15) is 14.7 Å². The summed E-state index contributed by atoms with van der Waals surface area (Å²) in [7, 11) is 0. The standard InChI is InChI=1S/C22H21Cl2N3O3/c1-14-19(10-11-28)22(30)27(21(26-14)16-4-8-18(24)9-5-16)13-20(29)25-12-15-2-6-17(23)7-3-15/h2-9,28H,10-13H2,1H3,(H,25,29). The molecule has 2 aromatic carbocycles. The number of carbonyl (C=O) groups is 1. The zero-order valence-electron chi connectivity index (χ0n) is 16.4. The molecule has 8 heteroatoms. The van der Waals surface area contributed by atoms with Crippen molar-refractivity contribution in [3.63, 3.8) is 0 Å². The highest BCUT2D eigenvalue weighted by molar-refractivity contribution is 6.30. The van der Waals surface area contributed by atoms with Crippen molar-refractivity contribution in [1.82, 2.24) is 14.9 Å². The molecule has 0 atom stereocenters. The van der Waals surface area contributed by atoms with E-state index in [1.165, 1.54) is 4.57 Å². The van der Waals surface area contributed by atoms with Crippen LogP contribution in [0, 0.1) is 6.92 Å². The molecule has 0 aliphatic heterocycles. The molecular formula is C22H21Cl2N3O3. The Bertz CT molecular complexity index is 1090. The van der Waals surface area contributed by atoms with Crippen molar-refractivity contribution >= 4 is 29.1 Å². The highest BCUT2D eigenvalue weighted by Crippen LogP contribution is 2.20. The summed E-state index contributed by atoms with van der Waals surface area (Å²) in [6.07, 6.45) is 0.172. The lowest BCUT2D eigenvalue weighted by atomic mass is 10.1. The molecule has 0 radical (unpaired) electrons. The van der Waals surface area contributed by atoms with Crippen LogP contribution in [0.2, 0.25) is 10.0 Å². The van der Waals surface area contributed by atoms with Gasteiger partial charge in [-0.05, 0) is 48.9 Å². The first-order valence-corrected chi connectivity index (χ1v) is 10.1. The number of aliphatic hydroxyl groups excluding tert-OH is 1. The number of halogens is 2. The van der Waals surface area contributed by atoms with Gasteiger partial charge in [-0.15, -0.1) is 0 Å². The first-order valence-electron chi connectivity index (χ1n) is 9.37. The fourth-order valence-corrected chi connectivity index (χ4v) is 3.32. The van der Waals surface area contributed by atoms with Crippen molar-refractivity contribution in [2.45, 2.75) is 26.4 Å². The number of aromatic nitrogens is 2. The van der Waals surface area contributed by atoms with Gasteiger partial charge in [0.15, 0.2) is 0 Å².